The number of nitriles is 1. The number of nitrogens with zero attached hydrogens (tertiary/aromatic N) is 3. The molecule has 0 spiro atoms. The van der Waals surface area contributed by atoms with E-state index >= 15 is 0 Å². The molecule has 33 heavy (non-hydrogen) atoms. The number of rotatable bonds is 3. The number of anilines is 1. The van der Waals surface area contributed by atoms with Crippen molar-refractivity contribution in [3.8, 4) is 6.07 Å². The Balaban J connectivity index is 1.83. The van der Waals surface area contributed by atoms with E-state index in [1.165, 1.54) is 17.4 Å². The normalized spacial score (nSPS) is 19.0. The second-order valence-corrected chi connectivity index (χ2v) is 8.89. The lowest BCUT2D eigenvalue weighted by Crippen LogP contribution is -2.36. The van der Waals surface area contributed by atoms with Gasteiger partial charge in [-0.15, -0.1) is 11.3 Å². The molecule has 2 aromatic heterocycles. The van der Waals surface area contributed by atoms with Crippen LogP contribution in [0.15, 0.2) is 83.1 Å². The number of aromatic nitrogens is 1. The summed E-state index contributed by atoms with van der Waals surface area (Å²) in [4.78, 5) is 15.7. The van der Waals surface area contributed by atoms with Crippen LogP contribution in [-0.4, -0.2) is 10.4 Å². The molecule has 3 heterocycles. The van der Waals surface area contributed by atoms with Gasteiger partial charge in [-0.3, -0.25) is 9.69 Å². The summed E-state index contributed by atoms with van der Waals surface area (Å²) >= 11 is 1.46. The maximum atomic E-state index is 13.5. The molecule has 0 radical (unpaired) electrons. The highest BCUT2D eigenvalue weighted by Gasteiger charge is 2.42. The van der Waals surface area contributed by atoms with Crippen molar-refractivity contribution in [1.82, 2.24) is 4.57 Å². The molecule has 0 bridgehead atoms. The third kappa shape index (κ3) is 3.58. The van der Waals surface area contributed by atoms with Crippen LogP contribution in [0.1, 0.15) is 35.6 Å². The highest BCUT2D eigenvalue weighted by Crippen LogP contribution is 2.49. The predicted octanol–water partition coefficient (Wildman–Crippen LogP) is 6.57. The Morgan fingerprint density at radius 2 is 1.85 bits per heavy atom. The maximum Gasteiger partial charge on any atom is 0.416 e. The molecule has 1 aromatic carbocycles. The zero-order valence-electron chi connectivity index (χ0n) is 17.3. The van der Waals surface area contributed by atoms with E-state index in [1.54, 1.807) is 40.1 Å². The van der Waals surface area contributed by atoms with Crippen LogP contribution in [0, 0.1) is 11.3 Å². The van der Waals surface area contributed by atoms with Crippen molar-refractivity contribution >= 4 is 28.6 Å². The number of hydrogen-bond acceptors (Lipinski definition) is 4. The molecule has 0 N–H and O–H groups in total. The van der Waals surface area contributed by atoms with E-state index in [-0.39, 0.29) is 11.5 Å². The first-order valence-corrected chi connectivity index (χ1v) is 11.3. The first-order chi connectivity index (χ1) is 15.9. The third-order valence-corrected chi connectivity index (χ3v) is 6.89. The fourth-order valence-electron chi connectivity index (χ4n) is 4.61. The van der Waals surface area contributed by atoms with Crippen molar-refractivity contribution in [1.29, 1.82) is 5.26 Å². The Kier molecular flexibility index (Phi) is 5.22. The first-order valence-electron chi connectivity index (χ1n) is 10.4. The minimum Gasteiger partial charge on any atom is -0.309 e. The van der Waals surface area contributed by atoms with E-state index in [0.29, 0.717) is 41.9 Å². The number of benzene rings is 1. The van der Waals surface area contributed by atoms with Crippen LogP contribution in [0.5, 0.6) is 0 Å². The second kappa shape index (κ2) is 8.09. The predicted molar refractivity (Wildman–Crippen MR) is 120 cm³/mol. The highest BCUT2D eigenvalue weighted by molar-refractivity contribution is 7.10. The van der Waals surface area contributed by atoms with Crippen LogP contribution >= 0.6 is 11.3 Å². The molecule has 0 saturated carbocycles. The van der Waals surface area contributed by atoms with Gasteiger partial charge >= 0.3 is 6.18 Å². The zero-order valence-corrected chi connectivity index (χ0v) is 18.2. The van der Waals surface area contributed by atoms with Crippen LogP contribution in [0.3, 0.4) is 0 Å². The summed E-state index contributed by atoms with van der Waals surface area (Å²) in [6.45, 7) is 0. The van der Waals surface area contributed by atoms with Crippen molar-refractivity contribution in [3.63, 3.8) is 0 Å². The molecule has 0 unspecified atom stereocenters. The number of carbonyl (C=O) groups excluding carboxylic acids is 1. The fourth-order valence-corrected chi connectivity index (χ4v) is 5.46. The van der Waals surface area contributed by atoms with Crippen molar-refractivity contribution in [2.24, 2.45) is 0 Å². The van der Waals surface area contributed by atoms with Crippen LogP contribution in [0.25, 0.3) is 5.82 Å². The number of allylic oxidation sites excluding steroid dienone is 3. The molecule has 3 aromatic rings. The van der Waals surface area contributed by atoms with Gasteiger partial charge in [0.2, 0.25) is 0 Å². The molecule has 8 heteroatoms. The van der Waals surface area contributed by atoms with Gasteiger partial charge in [0.25, 0.3) is 0 Å². The van der Waals surface area contributed by atoms with Gasteiger partial charge in [-0.1, -0.05) is 12.1 Å². The average molecular weight is 466 g/mol. The summed E-state index contributed by atoms with van der Waals surface area (Å²) in [5, 5.41) is 12.2. The van der Waals surface area contributed by atoms with Crippen LogP contribution in [-0.2, 0) is 11.0 Å². The van der Waals surface area contributed by atoms with Gasteiger partial charge in [0.15, 0.2) is 5.78 Å². The van der Waals surface area contributed by atoms with Gasteiger partial charge in [0.1, 0.15) is 5.82 Å². The SMILES string of the molecule is N#CC1=C(n2cccc2)N(c2cccc(C(F)(F)F)c2)C2=C(C(=O)CCC2)[C@@H]1c1cccs1. The number of Topliss-reactive ketones (excluding diaryl/α,β-unsaturated/α-hetero) is 1. The molecule has 0 fully saturated rings. The largest absolute Gasteiger partial charge is 0.416 e. The number of carbonyl (C=O) groups is 1. The number of ketones is 1. The summed E-state index contributed by atoms with van der Waals surface area (Å²) in [6.07, 6.45) is 0.493. The van der Waals surface area contributed by atoms with Crippen molar-refractivity contribution in [2.45, 2.75) is 31.4 Å². The van der Waals surface area contributed by atoms with Crippen molar-refractivity contribution in [2.75, 3.05) is 4.90 Å². The maximum absolute atomic E-state index is 13.5. The monoisotopic (exact) mass is 465 g/mol. The Morgan fingerprint density at radius 3 is 2.52 bits per heavy atom. The molecule has 0 saturated heterocycles. The molecule has 1 atom stereocenters. The molecule has 0 amide bonds. The number of thiophene rings is 1. The molecular weight excluding hydrogens is 447 g/mol. The van der Waals surface area contributed by atoms with E-state index in [4.69, 9.17) is 0 Å². The Bertz CT molecular complexity index is 1310. The lowest BCUT2D eigenvalue weighted by molar-refractivity contribution is -0.137. The van der Waals surface area contributed by atoms with Gasteiger partial charge in [-0.25, -0.2) is 0 Å². The summed E-state index contributed by atoms with van der Waals surface area (Å²) in [6, 6.07) is 14.7. The van der Waals surface area contributed by atoms with Gasteiger partial charge < -0.3 is 4.57 Å². The van der Waals surface area contributed by atoms with Gasteiger partial charge in [0, 0.05) is 40.6 Å². The van der Waals surface area contributed by atoms with Gasteiger partial charge in [0.05, 0.1) is 23.1 Å². The van der Waals surface area contributed by atoms with Crippen molar-refractivity contribution < 1.29 is 18.0 Å². The molecule has 5 rings (SSSR count). The minimum atomic E-state index is -4.51. The average Bonchev–Trinajstić information content (AvgIpc) is 3.51. The summed E-state index contributed by atoms with van der Waals surface area (Å²) in [5.74, 6) is -0.156. The summed E-state index contributed by atoms with van der Waals surface area (Å²) < 4.78 is 42.4. The Hall–Kier alpha value is -3.57. The van der Waals surface area contributed by atoms with Gasteiger partial charge in [-0.05, 0) is 54.6 Å². The molecule has 2 aliphatic rings. The van der Waals surface area contributed by atoms with Crippen molar-refractivity contribution in [3.05, 3.63) is 93.6 Å². The smallest absolute Gasteiger partial charge is 0.309 e. The number of halogens is 3. The second-order valence-electron chi connectivity index (χ2n) is 7.91. The fraction of sp³-hybridized carbons (Fsp3) is 0.200. The van der Waals surface area contributed by atoms with Crippen LogP contribution in [0.2, 0.25) is 0 Å². The highest BCUT2D eigenvalue weighted by atomic mass is 32.1. The van der Waals surface area contributed by atoms with E-state index in [1.807, 2.05) is 17.5 Å². The molecular formula is C25H18F3N3OS. The number of hydrogen-bond donors (Lipinski definition) is 0. The van der Waals surface area contributed by atoms with Crippen LogP contribution < -0.4 is 4.90 Å². The van der Waals surface area contributed by atoms with E-state index in [9.17, 15) is 23.2 Å². The van der Waals surface area contributed by atoms with E-state index in [2.05, 4.69) is 6.07 Å². The summed E-state index contributed by atoms with van der Waals surface area (Å²) in [5.41, 5.74) is 0.989. The lowest BCUT2D eigenvalue weighted by Gasteiger charge is -2.41. The first kappa shape index (κ1) is 21.3. The standard InChI is InChI=1S/C25H18F3N3OS/c26-25(27,28)16-6-3-7-17(14-16)31-19-8-4-9-20(32)23(19)22(21-10-5-13-33-21)18(15-29)24(31)30-11-1-2-12-30/h1-3,5-7,10-14,22H,4,8-9H2/t22-/m0/s1. The molecule has 1 aliphatic heterocycles. The van der Waals surface area contributed by atoms with Crippen LogP contribution in [0.4, 0.5) is 18.9 Å². The Labute approximate surface area is 192 Å². The molecule has 166 valence electrons. The molecule has 4 nitrogen and oxygen atoms in total. The minimum absolute atomic E-state index is 0.0640. The van der Waals surface area contributed by atoms with E-state index in [0.717, 1.165) is 17.0 Å². The lowest BCUT2D eigenvalue weighted by atomic mass is 9.78. The summed E-state index contributed by atoms with van der Waals surface area (Å²) in [7, 11) is 0. The third-order valence-electron chi connectivity index (χ3n) is 5.96. The van der Waals surface area contributed by atoms with Gasteiger partial charge in [-0.2, -0.15) is 18.4 Å². The topological polar surface area (TPSA) is 49.0 Å². The number of alkyl halides is 3. The quantitative estimate of drug-likeness (QED) is 0.440. The Morgan fingerprint density at radius 1 is 1.06 bits per heavy atom. The zero-order chi connectivity index (χ0) is 23.2. The molecule has 1 aliphatic carbocycles. The van der Waals surface area contributed by atoms with E-state index < -0.39 is 17.7 Å².